The van der Waals surface area contributed by atoms with Gasteiger partial charge < -0.3 is 15.7 Å². The van der Waals surface area contributed by atoms with Crippen molar-refractivity contribution in [3.8, 4) is 0 Å². The lowest BCUT2D eigenvalue weighted by Gasteiger charge is -2.35. The summed E-state index contributed by atoms with van der Waals surface area (Å²) in [6.45, 7) is 6.17. The van der Waals surface area contributed by atoms with Gasteiger partial charge in [-0.25, -0.2) is 4.79 Å². The monoisotopic (exact) mass is 256 g/mol. The van der Waals surface area contributed by atoms with E-state index in [-0.39, 0.29) is 24.0 Å². The van der Waals surface area contributed by atoms with Crippen LogP contribution in [0, 0.1) is 11.3 Å². The molecular weight excluding hydrogens is 232 g/mol. The van der Waals surface area contributed by atoms with Crippen molar-refractivity contribution in [1.29, 1.82) is 0 Å². The highest BCUT2D eigenvalue weighted by molar-refractivity contribution is 5.75. The third-order valence-electron chi connectivity index (χ3n) is 3.53. The number of hydrogen-bond acceptors (Lipinski definition) is 2. The molecule has 0 aromatic carbocycles. The zero-order valence-electron chi connectivity index (χ0n) is 11.5. The van der Waals surface area contributed by atoms with Gasteiger partial charge >= 0.3 is 12.0 Å². The van der Waals surface area contributed by atoms with Crippen LogP contribution in [0.2, 0.25) is 0 Å². The first-order valence-electron chi connectivity index (χ1n) is 6.57. The van der Waals surface area contributed by atoms with Gasteiger partial charge in [-0.05, 0) is 24.7 Å². The minimum Gasteiger partial charge on any atom is -0.481 e. The molecule has 1 rings (SSSR count). The van der Waals surface area contributed by atoms with Crippen LogP contribution in [0.1, 0.15) is 46.5 Å². The Balaban J connectivity index is 2.30. The first-order valence-corrected chi connectivity index (χ1v) is 6.57. The molecule has 0 bridgehead atoms. The Kier molecular flexibility index (Phi) is 4.99. The van der Waals surface area contributed by atoms with Gasteiger partial charge in [0.2, 0.25) is 0 Å². The smallest absolute Gasteiger partial charge is 0.315 e. The van der Waals surface area contributed by atoms with E-state index in [4.69, 9.17) is 5.11 Å². The van der Waals surface area contributed by atoms with Crippen molar-refractivity contribution in [1.82, 2.24) is 10.6 Å². The van der Waals surface area contributed by atoms with E-state index in [1.54, 1.807) is 6.92 Å². The van der Waals surface area contributed by atoms with E-state index in [0.717, 1.165) is 19.3 Å². The fraction of sp³-hybridized carbons (Fsp3) is 0.846. The lowest BCUT2D eigenvalue weighted by molar-refractivity contribution is -0.140. The minimum atomic E-state index is -0.894. The van der Waals surface area contributed by atoms with Gasteiger partial charge in [0.25, 0.3) is 0 Å². The molecule has 18 heavy (non-hydrogen) atoms. The van der Waals surface area contributed by atoms with Crippen LogP contribution in [0.5, 0.6) is 0 Å². The number of carbonyl (C=O) groups is 2. The quantitative estimate of drug-likeness (QED) is 0.719. The summed E-state index contributed by atoms with van der Waals surface area (Å²) >= 11 is 0. The van der Waals surface area contributed by atoms with Crippen molar-refractivity contribution in [3.63, 3.8) is 0 Å². The zero-order chi connectivity index (χ0) is 13.8. The fourth-order valence-electron chi connectivity index (χ4n) is 2.39. The summed E-state index contributed by atoms with van der Waals surface area (Å²) in [7, 11) is 0. The molecule has 0 spiro atoms. The lowest BCUT2D eigenvalue weighted by Crippen LogP contribution is -2.46. The predicted octanol–water partition coefficient (Wildman–Crippen LogP) is 1.98. The molecule has 5 nitrogen and oxygen atoms in total. The molecular formula is C13H24N2O3. The summed E-state index contributed by atoms with van der Waals surface area (Å²) < 4.78 is 0. The van der Waals surface area contributed by atoms with E-state index in [0.29, 0.717) is 0 Å². The van der Waals surface area contributed by atoms with Crippen LogP contribution in [0.15, 0.2) is 0 Å². The molecule has 104 valence electrons. The standard InChI is InChI=1S/C13H24N2O3/c1-9(11(16)17)8-14-12(18)15-10-5-4-6-13(2,3)7-10/h9-10H,4-8H2,1-3H3,(H,16,17)(H2,14,15,18). The number of carboxylic acid groups (broad SMARTS) is 1. The third-order valence-corrected chi connectivity index (χ3v) is 3.53. The van der Waals surface area contributed by atoms with Crippen molar-refractivity contribution in [3.05, 3.63) is 0 Å². The van der Waals surface area contributed by atoms with Gasteiger partial charge in [-0.2, -0.15) is 0 Å². The second kappa shape index (κ2) is 6.07. The SMILES string of the molecule is CC(CNC(=O)NC1CCCC(C)(C)C1)C(=O)O. The summed E-state index contributed by atoms with van der Waals surface area (Å²) in [4.78, 5) is 22.2. The van der Waals surface area contributed by atoms with Crippen LogP contribution in [0.3, 0.4) is 0 Å². The van der Waals surface area contributed by atoms with Crippen molar-refractivity contribution < 1.29 is 14.7 Å². The van der Waals surface area contributed by atoms with Gasteiger partial charge in [0.15, 0.2) is 0 Å². The van der Waals surface area contributed by atoms with E-state index in [9.17, 15) is 9.59 Å². The molecule has 0 aromatic rings. The molecule has 1 aliphatic rings. The minimum absolute atomic E-state index is 0.164. The van der Waals surface area contributed by atoms with Crippen molar-refractivity contribution >= 4 is 12.0 Å². The second-order valence-electron chi connectivity index (χ2n) is 6.05. The molecule has 0 aliphatic heterocycles. The largest absolute Gasteiger partial charge is 0.481 e. The van der Waals surface area contributed by atoms with Gasteiger partial charge in [0.1, 0.15) is 0 Å². The zero-order valence-corrected chi connectivity index (χ0v) is 11.5. The second-order valence-corrected chi connectivity index (χ2v) is 6.05. The first kappa shape index (κ1) is 14.8. The summed E-state index contributed by atoms with van der Waals surface area (Å²) in [5.41, 5.74) is 0.282. The number of nitrogens with one attached hydrogen (secondary N) is 2. The maximum atomic E-state index is 11.6. The molecule has 5 heteroatoms. The van der Waals surface area contributed by atoms with E-state index in [1.165, 1.54) is 6.42 Å². The topological polar surface area (TPSA) is 78.4 Å². The van der Waals surface area contributed by atoms with Crippen LogP contribution in [0.25, 0.3) is 0 Å². The molecule has 0 heterocycles. The molecule has 2 unspecified atom stereocenters. The predicted molar refractivity (Wildman–Crippen MR) is 69.4 cm³/mol. The molecule has 1 saturated carbocycles. The van der Waals surface area contributed by atoms with Crippen LogP contribution in [0.4, 0.5) is 4.79 Å². The van der Waals surface area contributed by atoms with Crippen LogP contribution < -0.4 is 10.6 Å². The number of amides is 2. The Morgan fingerprint density at radius 3 is 2.67 bits per heavy atom. The number of urea groups is 1. The Morgan fingerprint density at radius 1 is 1.44 bits per heavy atom. The molecule has 1 fully saturated rings. The van der Waals surface area contributed by atoms with Crippen molar-refractivity contribution in [2.45, 2.75) is 52.5 Å². The van der Waals surface area contributed by atoms with Gasteiger partial charge in [0.05, 0.1) is 5.92 Å². The third kappa shape index (κ3) is 4.94. The maximum absolute atomic E-state index is 11.6. The lowest BCUT2D eigenvalue weighted by atomic mass is 9.75. The number of aliphatic carboxylic acids is 1. The normalized spacial score (nSPS) is 24.1. The number of carbonyl (C=O) groups excluding carboxylic acids is 1. The Bertz CT molecular complexity index is 315. The van der Waals surface area contributed by atoms with Crippen LogP contribution in [-0.4, -0.2) is 29.7 Å². The van der Waals surface area contributed by atoms with Crippen LogP contribution >= 0.6 is 0 Å². The Labute approximate surface area is 108 Å². The van der Waals surface area contributed by atoms with E-state index in [1.807, 2.05) is 0 Å². The highest BCUT2D eigenvalue weighted by Gasteiger charge is 2.28. The average molecular weight is 256 g/mol. The van der Waals surface area contributed by atoms with E-state index in [2.05, 4.69) is 24.5 Å². The molecule has 0 aromatic heterocycles. The van der Waals surface area contributed by atoms with E-state index < -0.39 is 11.9 Å². The van der Waals surface area contributed by atoms with Gasteiger partial charge in [-0.3, -0.25) is 4.79 Å². The molecule has 0 saturated heterocycles. The van der Waals surface area contributed by atoms with Crippen molar-refractivity contribution in [2.24, 2.45) is 11.3 Å². The first-order chi connectivity index (χ1) is 8.30. The van der Waals surface area contributed by atoms with Gasteiger partial charge in [0, 0.05) is 12.6 Å². The molecule has 2 amide bonds. The molecule has 2 atom stereocenters. The number of carboxylic acids is 1. The molecule has 3 N–H and O–H groups in total. The number of rotatable bonds is 4. The van der Waals surface area contributed by atoms with Crippen LogP contribution in [-0.2, 0) is 4.79 Å². The van der Waals surface area contributed by atoms with Gasteiger partial charge in [-0.1, -0.05) is 27.2 Å². The summed E-state index contributed by atoms with van der Waals surface area (Å²) in [6, 6.07) is -0.0558. The average Bonchev–Trinajstić information content (AvgIpc) is 2.24. The van der Waals surface area contributed by atoms with Crippen molar-refractivity contribution in [2.75, 3.05) is 6.54 Å². The Hall–Kier alpha value is -1.26. The highest BCUT2D eigenvalue weighted by Crippen LogP contribution is 2.34. The molecule has 0 radical (unpaired) electrons. The summed E-state index contributed by atoms with van der Waals surface area (Å²) in [6.07, 6.45) is 4.31. The summed E-state index contributed by atoms with van der Waals surface area (Å²) in [5, 5.41) is 14.2. The number of hydrogen-bond donors (Lipinski definition) is 3. The Morgan fingerprint density at radius 2 is 2.11 bits per heavy atom. The van der Waals surface area contributed by atoms with Gasteiger partial charge in [-0.15, -0.1) is 0 Å². The molecule has 1 aliphatic carbocycles. The fourth-order valence-corrected chi connectivity index (χ4v) is 2.39. The highest BCUT2D eigenvalue weighted by atomic mass is 16.4. The summed E-state index contributed by atoms with van der Waals surface area (Å²) in [5.74, 6) is -1.45. The van der Waals surface area contributed by atoms with E-state index >= 15 is 0 Å². The maximum Gasteiger partial charge on any atom is 0.315 e.